The number of hydrogen-bond acceptors (Lipinski definition) is 2. The predicted molar refractivity (Wildman–Crippen MR) is 66.8 cm³/mol. The Morgan fingerprint density at radius 1 is 1.38 bits per heavy atom. The molecular formula is C12H21ClN2O. The Bertz CT molecular complexity index is 347. The average Bonchev–Trinajstić information content (AvgIpc) is 2.55. The molecule has 0 aliphatic rings. The van der Waals surface area contributed by atoms with Crippen molar-refractivity contribution in [1.82, 2.24) is 9.78 Å². The molecule has 2 atom stereocenters. The van der Waals surface area contributed by atoms with E-state index >= 15 is 0 Å². The lowest BCUT2D eigenvalue weighted by molar-refractivity contribution is 0.134. The molecule has 0 aliphatic carbocycles. The number of hydrogen-bond donors (Lipinski definition) is 1. The first-order valence-corrected chi connectivity index (χ1v) is 6.31. The maximum absolute atomic E-state index is 9.53. The summed E-state index contributed by atoms with van der Waals surface area (Å²) in [5.41, 5.74) is 2.01. The molecule has 0 bridgehead atoms. The Morgan fingerprint density at radius 2 is 2.00 bits per heavy atom. The van der Waals surface area contributed by atoms with Crippen molar-refractivity contribution in [3.63, 3.8) is 0 Å². The van der Waals surface area contributed by atoms with Gasteiger partial charge < -0.3 is 5.11 Å². The second-order valence-corrected chi connectivity index (χ2v) is 4.68. The van der Waals surface area contributed by atoms with Gasteiger partial charge in [-0.25, -0.2) is 0 Å². The van der Waals surface area contributed by atoms with Gasteiger partial charge in [0.1, 0.15) is 0 Å². The molecule has 0 aromatic carbocycles. The quantitative estimate of drug-likeness (QED) is 0.865. The summed E-state index contributed by atoms with van der Waals surface area (Å²) in [6.07, 6.45) is 1.31. The number of aromatic nitrogens is 2. The van der Waals surface area contributed by atoms with E-state index in [1.807, 2.05) is 18.5 Å². The van der Waals surface area contributed by atoms with Gasteiger partial charge in [0, 0.05) is 6.54 Å². The van der Waals surface area contributed by atoms with Crippen molar-refractivity contribution >= 4 is 11.6 Å². The van der Waals surface area contributed by atoms with Crippen molar-refractivity contribution in [3.8, 4) is 0 Å². The summed E-state index contributed by atoms with van der Waals surface area (Å²) >= 11 is 6.29. The van der Waals surface area contributed by atoms with Crippen molar-refractivity contribution in [3.05, 3.63) is 16.4 Å². The highest BCUT2D eigenvalue weighted by molar-refractivity contribution is 6.31. The highest BCUT2D eigenvalue weighted by Gasteiger charge is 2.18. The van der Waals surface area contributed by atoms with Crippen LogP contribution in [0.4, 0.5) is 0 Å². The van der Waals surface area contributed by atoms with Crippen molar-refractivity contribution in [2.24, 2.45) is 5.92 Å². The van der Waals surface area contributed by atoms with E-state index in [9.17, 15) is 5.11 Å². The van der Waals surface area contributed by atoms with Gasteiger partial charge in [0.2, 0.25) is 0 Å². The molecule has 1 heterocycles. The van der Waals surface area contributed by atoms with Crippen LogP contribution in [0.2, 0.25) is 5.02 Å². The first kappa shape index (κ1) is 13.5. The first-order valence-electron chi connectivity index (χ1n) is 5.93. The zero-order chi connectivity index (χ0) is 12.3. The second kappa shape index (κ2) is 5.69. The number of aliphatic hydroxyl groups is 1. The molecular weight excluding hydrogens is 224 g/mol. The lowest BCUT2D eigenvalue weighted by Gasteiger charge is -2.15. The minimum absolute atomic E-state index is 0.198. The number of rotatable bonds is 5. The molecule has 0 fully saturated rings. The zero-order valence-corrected chi connectivity index (χ0v) is 11.3. The highest BCUT2D eigenvalue weighted by atomic mass is 35.5. The molecule has 2 unspecified atom stereocenters. The molecule has 1 aromatic rings. The molecule has 0 radical (unpaired) electrons. The normalized spacial score (nSPS) is 15.1. The highest BCUT2D eigenvalue weighted by Crippen LogP contribution is 2.25. The summed E-state index contributed by atoms with van der Waals surface area (Å²) in [4.78, 5) is 0. The van der Waals surface area contributed by atoms with Crippen LogP contribution in [-0.2, 0) is 19.4 Å². The van der Waals surface area contributed by atoms with E-state index in [1.165, 1.54) is 0 Å². The van der Waals surface area contributed by atoms with Crippen molar-refractivity contribution < 1.29 is 5.11 Å². The Kier molecular flexibility index (Phi) is 4.81. The molecule has 4 heteroatoms. The van der Waals surface area contributed by atoms with Crippen molar-refractivity contribution in [2.75, 3.05) is 0 Å². The van der Waals surface area contributed by atoms with Gasteiger partial charge in [-0.2, -0.15) is 5.10 Å². The van der Waals surface area contributed by atoms with Gasteiger partial charge in [-0.05, 0) is 32.6 Å². The summed E-state index contributed by atoms with van der Waals surface area (Å²) in [6, 6.07) is 0. The van der Waals surface area contributed by atoms with E-state index < -0.39 is 0 Å². The summed E-state index contributed by atoms with van der Waals surface area (Å²) in [6.45, 7) is 8.77. The third-order valence-electron chi connectivity index (χ3n) is 3.03. The van der Waals surface area contributed by atoms with Gasteiger partial charge in [0.15, 0.2) is 0 Å². The monoisotopic (exact) mass is 244 g/mol. The lowest BCUT2D eigenvalue weighted by Crippen LogP contribution is -2.17. The van der Waals surface area contributed by atoms with Gasteiger partial charge >= 0.3 is 0 Å². The number of nitrogens with zero attached hydrogens (tertiary/aromatic N) is 2. The van der Waals surface area contributed by atoms with Crippen molar-refractivity contribution in [1.29, 1.82) is 0 Å². The van der Waals surface area contributed by atoms with Crippen LogP contribution >= 0.6 is 11.6 Å². The van der Waals surface area contributed by atoms with Crippen LogP contribution in [0.25, 0.3) is 0 Å². The van der Waals surface area contributed by atoms with Gasteiger partial charge in [-0.1, -0.05) is 25.4 Å². The van der Waals surface area contributed by atoms with Gasteiger partial charge in [-0.3, -0.25) is 4.68 Å². The molecule has 92 valence electrons. The molecule has 1 N–H and O–H groups in total. The van der Waals surface area contributed by atoms with Crippen LogP contribution in [0.3, 0.4) is 0 Å². The topological polar surface area (TPSA) is 38.0 Å². The fourth-order valence-corrected chi connectivity index (χ4v) is 2.03. The van der Waals surface area contributed by atoms with E-state index in [0.717, 1.165) is 35.8 Å². The van der Waals surface area contributed by atoms with Gasteiger partial charge in [0.05, 0.1) is 22.5 Å². The van der Waals surface area contributed by atoms with Crippen LogP contribution in [0.1, 0.15) is 39.1 Å². The molecule has 1 aromatic heterocycles. The molecule has 0 amide bonds. The Hall–Kier alpha value is -0.540. The van der Waals surface area contributed by atoms with Gasteiger partial charge in [0.25, 0.3) is 0 Å². The summed E-state index contributed by atoms with van der Waals surface area (Å²) < 4.78 is 1.94. The number of halogens is 1. The second-order valence-electron chi connectivity index (χ2n) is 4.30. The van der Waals surface area contributed by atoms with E-state index in [1.54, 1.807) is 0 Å². The maximum Gasteiger partial charge on any atom is 0.0849 e. The molecule has 3 nitrogen and oxygen atoms in total. The summed E-state index contributed by atoms with van der Waals surface area (Å²) in [7, 11) is 0. The van der Waals surface area contributed by atoms with Crippen LogP contribution in [0, 0.1) is 5.92 Å². The Balaban J connectivity index is 2.97. The predicted octanol–water partition coefficient (Wildman–Crippen LogP) is 2.68. The van der Waals surface area contributed by atoms with E-state index in [0.29, 0.717) is 0 Å². The minimum atomic E-state index is -0.318. The third kappa shape index (κ3) is 2.77. The fourth-order valence-electron chi connectivity index (χ4n) is 1.69. The van der Waals surface area contributed by atoms with Crippen LogP contribution in [0.5, 0.6) is 0 Å². The third-order valence-corrected chi connectivity index (χ3v) is 3.47. The molecule has 0 aliphatic heterocycles. The summed E-state index contributed by atoms with van der Waals surface area (Å²) in [5.74, 6) is 0.198. The first-order chi connectivity index (χ1) is 7.51. The molecule has 0 saturated heterocycles. The molecule has 0 spiro atoms. The van der Waals surface area contributed by atoms with Crippen LogP contribution < -0.4 is 0 Å². The minimum Gasteiger partial charge on any atom is -0.393 e. The van der Waals surface area contributed by atoms with E-state index in [2.05, 4.69) is 18.9 Å². The fraction of sp³-hybridized carbons (Fsp3) is 0.750. The SMILES string of the molecule is CCc1nn(CC)c(CC(C)C(C)O)c1Cl. The Labute approximate surface area is 102 Å². The largest absolute Gasteiger partial charge is 0.393 e. The average molecular weight is 245 g/mol. The standard InChI is InChI=1S/C12H21ClN2O/c1-5-10-12(13)11(15(6-2)14-10)7-8(3)9(4)16/h8-9,16H,5-7H2,1-4H3. The zero-order valence-electron chi connectivity index (χ0n) is 10.5. The Morgan fingerprint density at radius 3 is 2.44 bits per heavy atom. The van der Waals surface area contributed by atoms with Crippen LogP contribution in [0.15, 0.2) is 0 Å². The van der Waals surface area contributed by atoms with Gasteiger partial charge in [-0.15, -0.1) is 0 Å². The lowest BCUT2D eigenvalue weighted by atomic mass is 10.00. The molecule has 0 saturated carbocycles. The molecule has 16 heavy (non-hydrogen) atoms. The van der Waals surface area contributed by atoms with E-state index in [-0.39, 0.29) is 12.0 Å². The molecule has 1 rings (SSSR count). The number of aliphatic hydroxyl groups excluding tert-OH is 1. The van der Waals surface area contributed by atoms with E-state index in [4.69, 9.17) is 11.6 Å². The number of aryl methyl sites for hydroxylation is 2. The van der Waals surface area contributed by atoms with Crippen LogP contribution in [-0.4, -0.2) is 21.0 Å². The summed E-state index contributed by atoms with van der Waals surface area (Å²) in [5, 5.41) is 14.8. The maximum atomic E-state index is 9.53. The van der Waals surface area contributed by atoms with Crippen molar-refractivity contribution in [2.45, 2.75) is 53.2 Å². The smallest absolute Gasteiger partial charge is 0.0849 e.